The molecule has 0 aromatic rings. The normalized spacial score (nSPS) is 27.0. The SMILES string of the molecule is O=C1NCC2(CCCC2)C(=O)N1. The molecule has 3 amide bonds. The Morgan fingerprint density at radius 3 is 2.42 bits per heavy atom. The molecule has 2 fully saturated rings. The molecular weight excluding hydrogens is 156 g/mol. The zero-order valence-electron chi connectivity index (χ0n) is 6.85. The highest BCUT2D eigenvalue weighted by Gasteiger charge is 2.44. The van der Waals surface area contributed by atoms with Crippen LogP contribution in [0.2, 0.25) is 0 Å². The number of urea groups is 1. The first-order valence-electron chi connectivity index (χ1n) is 4.32. The summed E-state index contributed by atoms with van der Waals surface area (Å²) in [5.41, 5.74) is -0.270. The van der Waals surface area contributed by atoms with Crippen LogP contribution >= 0.6 is 0 Å². The van der Waals surface area contributed by atoms with Gasteiger partial charge in [-0.15, -0.1) is 0 Å². The average Bonchev–Trinajstić information content (AvgIpc) is 2.48. The summed E-state index contributed by atoms with van der Waals surface area (Å²) in [6.07, 6.45) is 4.03. The molecule has 66 valence electrons. The Hall–Kier alpha value is -1.06. The van der Waals surface area contributed by atoms with Crippen LogP contribution in [0.1, 0.15) is 25.7 Å². The van der Waals surface area contributed by atoms with E-state index >= 15 is 0 Å². The lowest BCUT2D eigenvalue weighted by atomic mass is 9.84. The van der Waals surface area contributed by atoms with Crippen molar-refractivity contribution >= 4 is 11.9 Å². The van der Waals surface area contributed by atoms with Gasteiger partial charge in [-0.1, -0.05) is 12.8 Å². The molecule has 0 aromatic heterocycles. The van der Waals surface area contributed by atoms with Gasteiger partial charge in [-0.25, -0.2) is 4.79 Å². The predicted molar refractivity (Wildman–Crippen MR) is 42.4 cm³/mol. The minimum atomic E-state index is -0.350. The van der Waals surface area contributed by atoms with Gasteiger partial charge in [0.2, 0.25) is 5.91 Å². The maximum absolute atomic E-state index is 11.5. The zero-order chi connectivity index (χ0) is 8.60. The van der Waals surface area contributed by atoms with E-state index in [0.29, 0.717) is 6.54 Å². The van der Waals surface area contributed by atoms with Gasteiger partial charge in [0.25, 0.3) is 0 Å². The molecule has 12 heavy (non-hydrogen) atoms. The third kappa shape index (κ3) is 0.983. The Balaban J connectivity index is 2.16. The maximum Gasteiger partial charge on any atom is 0.321 e. The highest BCUT2D eigenvalue weighted by molar-refractivity contribution is 6.00. The molecule has 2 N–H and O–H groups in total. The number of hydrogen-bond donors (Lipinski definition) is 2. The number of nitrogens with one attached hydrogen (secondary N) is 2. The minimum Gasteiger partial charge on any atom is -0.337 e. The Morgan fingerprint density at radius 2 is 1.83 bits per heavy atom. The van der Waals surface area contributed by atoms with Gasteiger partial charge in [-0.2, -0.15) is 0 Å². The van der Waals surface area contributed by atoms with Crippen molar-refractivity contribution in [2.45, 2.75) is 25.7 Å². The molecule has 2 rings (SSSR count). The zero-order valence-corrected chi connectivity index (χ0v) is 6.85. The smallest absolute Gasteiger partial charge is 0.321 e. The standard InChI is InChI=1S/C8H12N2O2/c11-6-8(3-1-2-4-8)5-9-7(12)10-6/h1-5H2,(H2,9,10,11,12). The predicted octanol–water partition coefficient (Wildman–Crippen LogP) is 0.386. The highest BCUT2D eigenvalue weighted by Crippen LogP contribution is 2.38. The van der Waals surface area contributed by atoms with Crippen LogP contribution in [0.15, 0.2) is 0 Å². The minimum absolute atomic E-state index is 0.0799. The van der Waals surface area contributed by atoms with Gasteiger partial charge < -0.3 is 5.32 Å². The third-order valence-electron chi connectivity index (χ3n) is 2.86. The molecule has 0 unspecified atom stereocenters. The first-order chi connectivity index (χ1) is 5.73. The summed E-state index contributed by atoms with van der Waals surface area (Å²) < 4.78 is 0. The van der Waals surface area contributed by atoms with Gasteiger partial charge in [-0.05, 0) is 12.8 Å². The van der Waals surface area contributed by atoms with Crippen molar-refractivity contribution < 1.29 is 9.59 Å². The molecule has 1 saturated heterocycles. The molecule has 1 aliphatic carbocycles. The van der Waals surface area contributed by atoms with E-state index in [4.69, 9.17) is 0 Å². The van der Waals surface area contributed by atoms with Crippen LogP contribution < -0.4 is 10.6 Å². The van der Waals surface area contributed by atoms with Crippen LogP contribution in [0.5, 0.6) is 0 Å². The fraction of sp³-hybridized carbons (Fsp3) is 0.750. The summed E-state index contributed by atoms with van der Waals surface area (Å²) in [6, 6.07) is -0.350. The fourth-order valence-electron chi connectivity index (χ4n) is 2.07. The van der Waals surface area contributed by atoms with E-state index in [1.165, 1.54) is 0 Å². The third-order valence-corrected chi connectivity index (χ3v) is 2.86. The van der Waals surface area contributed by atoms with E-state index in [-0.39, 0.29) is 17.4 Å². The number of imide groups is 1. The lowest BCUT2D eigenvalue weighted by molar-refractivity contribution is -0.130. The van der Waals surface area contributed by atoms with Crippen LogP contribution in [0.4, 0.5) is 4.79 Å². The van der Waals surface area contributed by atoms with Crippen molar-refractivity contribution in [3.05, 3.63) is 0 Å². The van der Waals surface area contributed by atoms with Crippen LogP contribution in [-0.2, 0) is 4.79 Å². The molecule has 2 aliphatic rings. The van der Waals surface area contributed by atoms with Crippen LogP contribution in [0, 0.1) is 5.41 Å². The summed E-state index contributed by atoms with van der Waals surface area (Å²) >= 11 is 0. The van der Waals surface area contributed by atoms with Crippen molar-refractivity contribution in [1.82, 2.24) is 10.6 Å². The highest BCUT2D eigenvalue weighted by atomic mass is 16.2. The van der Waals surface area contributed by atoms with Crippen molar-refractivity contribution in [3.63, 3.8) is 0 Å². The fourth-order valence-corrected chi connectivity index (χ4v) is 2.07. The van der Waals surface area contributed by atoms with Crippen molar-refractivity contribution in [3.8, 4) is 0 Å². The quantitative estimate of drug-likeness (QED) is 0.549. The second-order valence-corrected chi connectivity index (χ2v) is 3.62. The Labute approximate surface area is 70.7 Å². The summed E-state index contributed by atoms with van der Waals surface area (Å²) in [6.45, 7) is 0.525. The molecular formula is C8H12N2O2. The van der Waals surface area contributed by atoms with Crippen LogP contribution in [0.3, 0.4) is 0 Å². The monoisotopic (exact) mass is 168 g/mol. The van der Waals surface area contributed by atoms with Crippen LogP contribution in [0.25, 0.3) is 0 Å². The van der Waals surface area contributed by atoms with Crippen LogP contribution in [-0.4, -0.2) is 18.5 Å². The van der Waals surface area contributed by atoms with Gasteiger partial charge in [-0.3, -0.25) is 10.1 Å². The lowest BCUT2D eigenvalue weighted by Crippen LogP contribution is -2.57. The Morgan fingerprint density at radius 1 is 1.17 bits per heavy atom. The molecule has 0 atom stereocenters. The summed E-state index contributed by atoms with van der Waals surface area (Å²) in [7, 11) is 0. The van der Waals surface area contributed by atoms with E-state index < -0.39 is 0 Å². The average molecular weight is 168 g/mol. The Kier molecular flexibility index (Phi) is 1.56. The van der Waals surface area contributed by atoms with Gasteiger partial charge >= 0.3 is 6.03 Å². The second kappa shape index (κ2) is 2.47. The second-order valence-electron chi connectivity index (χ2n) is 3.62. The van der Waals surface area contributed by atoms with Gasteiger partial charge in [0.1, 0.15) is 0 Å². The number of carbonyl (C=O) groups is 2. The van der Waals surface area contributed by atoms with E-state index in [1.54, 1.807) is 0 Å². The molecule has 0 bridgehead atoms. The molecule has 1 aliphatic heterocycles. The number of rotatable bonds is 0. The van der Waals surface area contributed by atoms with Crippen molar-refractivity contribution in [2.75, 3.05) is 6.54 Å². The molecule has 4 nitrogen and oxygen atoms in total. The Bertz CT molecular complexity index is 231. The summed E-state index contributed by atoms with van der Waals surface area (Å²) in [5.74, 6) is -0.0799. The van der Waals surface area contributed by atoms with E-state index in [0.717, 1.165) is 25.7 Å². The van der Waals surface area contributed by atoms with Gasteiger partial charge in [0, 0.05) is 6.54 Å². The van der Waals surface area contributed by atoms with Gasteiger partial charge in [0.15, 0.2) is 0 Å². The topological polar surface area (TPSA) is 58.2 Å². The van der Waals surface area contributed by atoms with E-state index in [1.807, 2.05) is 0 Å². The molecule has 1 spiro atoms. The molecule has 1 heterocycles. The molecule has 0 aromatic carbocycles. The van der Waals surface area contributed by atoms with Crippen molar-refractivity contribution in [1.29, 1.82) is 0 Å². The molecule has 4 heteroatoms. The largest absolute Gasteiger partial charge is 0.337 e. The summed E-state index contributed by atoms with van der Waals surface area (Å²) in [4.78, 5) is 22.2. The molecule has 0 radical (unpaired) electrons. The van der Waals surface area contributed by atoms with E-state index in [2.05, 4.69) is 10.6 Å². The lowest BCUT2D eigenvalue weighted by Gasteiger charge is -2.31. The first kappa shape index (κ1) is 7.58. The number of carbonyl (C=O) groups excluding carboxylic acids is 2. The van der Waals surface area contributed by atoms with Crippen molar-refractivity contribution in [2.24, 2.45) is 5.41 Å². The van der Waals surface area contributed by atoms with Gasteiger partial charge in [0.05, 0.1) is 5.41 Å². The number of hydrogen-bond acceptors (Lipinski definition) is 2. The first-order valence-corrected chi connectivity index (χ1v) is 4.32. The summed E-state index contributed by atoms with van der Waals surface area (Å²) in [5, 5.41) is 5.00. The molecule has 1 saturated carbocycles. The number of amides is 3. The maximum atomic E-state index is 11.5. The van der Waals surface area contributed by atoms with E-state index in [9.17, 15) is 9.59 Å².